The molecule has 0 atom stereocenters. The molecule has 160 valence electrons. The molecule has 1 aliphatic rings. The van der Waals surface area contributed by atoms with Crippen molar-refractivity contribution in [3.8, 4) is 0 Å². The Balaban J connectivity index is 1.35. The van der Waals surface area contributed by atoms with Crippen LogP contribution >= 0.6 is 0 Å². The van der Waals surface area contributed by atoms with Crippen LogP contribution in [0.15, 0.2) is 48.9 Å². The van der Waals surface area contributed by atoms with Gasteiger partial charge in [-0.2, -0.15) is 0 Å². The first kappa shape index (κ1) is 20.5. The van der Waals surface area contributed by atoms with Crippen molar-refractivity contribution < 1.29 is 13.6 Å². The number of aromatic nitrogens is 3. The summed E-state index contributed by atoms with van der Waals surface area (Å²) in [5, 5.41) is 5.76. The number of urea groups is 1. The second kappa shape index (κ2) is 8.90. The molecule has 1 aromatic carbocycles. The minimum atomic E-state index is -1.00. The fraction of sp³-hybridized carbons (Fsp3) is 0.238. The maximum atomic E-state index is 13.3. The molecule has 10 heteroatoms. The van der Waals surface area contributed by atoms with Crippen LogP contribution in [0, 0.1) is 18.6 Å². The Morgan fingerprint density at radius 2 is 1.71 bits per heavy atom. The molecule has 0 unspecified atom stereocenters. The quantitative estimate of drug-likeness (QED) is 0.665. The van der Waals surface area contributed by atoms with Crippen molar-refractivity contribution in [2.75, 3.05) is 41.7 Å². The van der Waals surface area contributed by atoms with Gasteiger partial charge in [-0.05, 0) is 36.8 Å². The molecule has 2 amide bonds. The van der Waals surface area contributed by atoms with Gasteiger partial charge in [0.15, 0.2) is 11.6 Å². The summed E-state index contributed by atoms with van der Waals surface area (Å²) in [5.41, 5.74) is 1.30. The molecule has 1 aliphatic heterocycles. The highest BCUT2D eigenvalue weighted by molar-refractivity contribution is 5.89. The highest BCUT2D eigenvalue weighted by Crippen LogP contribution is 2.20. The predicted molar refractivity (Wildman–Crippen MR) is 113 cm³/mol. The van der Waals surface area contributed by atoms with Crippen molar-refractivity contribution >= 4 is 29.2 Å². The van der Waals surface area contributed by atoms with Crippen LogP contribution in [-0.2, 0) is 0 Å². The number of aryl methyl sites for hydroxylation is 1. The third kappa shape index (κ3) is 5.03. The largest absolute Gasteiger partial charge is 0.353 e. The van der Waals surface area contributed by atoms with E-state index in [2.05, 4.69) is 30.5 Å². The Labute approximate surface area is 178 Å². The standard InChI is InChI=1S/C21H21F2N7O/c1-14-4-5-24-18(10-14)28-19-12-20(26-13-25-19)29-6-8-30(9-7-29)21(31)27-15-2-3-16(22)17(23)11-15/h2-5,10-13H,6-9H2,1H3,(H,27,31)(H,24,25,26,28). The number of benzene rings is 1. The highest BCUT2D eigenvalue weighted by Gasteiger charge is 2.22. The molecule has 0 bridgehead atoms. The summed E-state index contributed by atoms with van der Waals surface area (Å²) in [4.78, 5) is 29.0. The van der Waals surface area contributed by atoms with E-state index in [9.17, 15) is 13.6 Å². The third-order valence-corrected chi connectivity index (χ3v) is 4.89. The van der Waals surface area contributed by atoms with Crippen LogP contribution in [0.4, 0.5) is 36.7 Å². The lowest BCUT2D eigenvalue weighted by Gasteiger charge is -2.35. The molecular formula is C21H21F2N7O. The molecule has 3 aromatic rings. The maximum absolute atomic E-state index is 13.3. The van der Waals surface area contributed by atoms with Crippen LogP contribution in [0.3, 0.4) is 0 Å². The van der Waals surface area contributed by atoms with E-state index in [4.69, 9.17) is 0 Å². The van der Waals surface area contributed by atoms with Gasteiger partial charge in [0.25, 0.3) is 0 Å². The lowest BCUT2D eigenvalue weighted by atomic mass is 10.3. The molecule has 3 heterocycles. The Hall–Kier alpha value is -3.82. The third-order valence-electron chi connectivity index (χ3n) is 4.89. The van der Waals surface area contributed by atoms with E-state index in [0.717, 1.165) is 23.5 Å². The second-order valence-electron chi connectivity index (χ2n) is 7.14. The number of nitrogens with one attached hydrogen (secondary N) is 2. The van der Waals surface area contributed by atoms with Crippen molar-refractivity contribution in [2.24, 2.45) is 0 Å². The Kier molecular flexibility index (Phi) is 5.87. The smallest absolute Gasteiger partial charge is 0.321 e. The van der Waals surface area contributed by atoms with Gasteiger partial charge < -0.3 is 20.4 Å². The molecule has 2 aromatic heterocycles. The van der Waals surface area contributed by atoms with Gasteiger partial charge in [-0.15, -0.1) is 0 Å². The minimum absolute atomic E-state index is 0.211. The Bertz CT molecular complexity index is 1090. The number of carbonyl (C=O) groups excluding carboxylic acids is 1. The second-order valence-corrected chi connectivity index (χ2v) is 7.14. The van der Waals surface area contributed by atoms with Crippen molar-refractivity contribution in [2.45, 2.75) is 6.92 Å². The van der Waals surface area contributed by atoms with Gasteiger partial charge in [0.1, 0.15) is 23.8 Å². The summed E-state index contributed by atoms with van der Waals surface area (Å²) < 4.78 is 26.4. The number of pyridine rings is 1. The number of rotatable bonds is 4. The summed E-state index contributed by atoms with van der Waals surface area (Å²) in [5.74, 6) is 0.107. The summed E-state index contributed by atoms with van der Waals surface area (Å²) in [6.45, 7) is 4.05. The van der Waals surface area contributed by atoms with Gasteiger partial charge in [-0.25, -0.2) is 28.5 Å². The molecule has 0 aliphatic carbocycles. The number of amides is 2. The molecule has 8 nitrogen and oxygen atoms in total. The zero-order valence-corrected chi connectivity index (χ0v) is 16.8. The number of anilines is 4. The first-order valence-corrected chi connectivity index (χ1v) is 9.75. The zero-order valence-electron chi connectivity index (χ0n) is 16.8. The van der Waals surface area contributed by atoms with Crippen LogP contribution in [0.1, 0.15) is 5.56 Å². The molecule has 31 heavy (non-hydrogen) atoms. The monoisotopic (exact) mass is 425 g/mol. The van der Waals surface area contributed by atoms with Crippen LogP contribution in [-0.4, -0.2) is 52.1 Å². The summed E-state index contributed by atoms with van der Waals surface area (Å²) in [6.07, 6.45) is 3.21. The molecule has 4 rings (SSSR count). The van der Waals surface area contributed by atoms with Crippen molar-refractivity contribution in [3.05, 3.63) is 66.1 Å². The van der Waals surface area contributed by atoms with Gasteiger partial charge in [0, 0.05) is 50.2 Å². The number of nitrogens with zero attached hydrogens (tertiary/aromatic N) is 5. The van der Waals surface area contributed by atoms with E-state index in [1.807, 2.05) is 25.1 Å². The average Bonchev–Trinajstić information content (AvgIpc) is 2.77. The van der Waals surface area contributed by atoms with Gasteiger partial charge in [0.2, 0.25) is 0 Å². The maximum Gasteiger partial charge on any atom is 0.321 e. The van der Waals surface area contributed by atoms with Crippen LogP contribution in [0.2, 0.25) is 0 Å². The fourth-order valence-electron chi connectivity index (χ4n) is 3.24. The van der Waals surface area contributed by atoms with Crippen LogP contribution in [0.5, 0.6) is 0 Å². The number of halogens is 2. The van der Waals surface area contributed by atoms with Gasteiger partial charge in [-0.3, -0.25) is 0 Å². The van der Waals surface area contributed by atoms with Crippen LogP contribution < -0.4 is 15.5 Å². The number of carbonyl (C=O) groups is 1. The van der Waals surface area contributed by atoms with E-state index < -0.39 is 11.6 Å². The molecule has 1 saturated heterocycles. The van der Waals surface area contributed by atoms with Gasteiger partial charge >= 0.3 is 6.03 Å². The van der Waals surface area contributed by atoms with Gasteiger partial charge in [-0.1, -0.05) is 0 Å². The first-order chi connectivity index (χ1) is 15.0. The topological polar surface area (TPSA) is 86.3 Å². The predicted octanol–water partition coefficient (Wildman–Crippen LogP) is 3.56. The van der Waals surface area contributed by atoms with Crippen molar-refractivity contribution in [1.29, 1.82) is 0 Å². The van der Waals surface area contributed by atoms with E-state index in [1.54, 1.807) is 11.1 Å². The van der Waals surface area contributed by atoms with E-state index >= 15 is 0 Å². The molecule has 0 saturated carbocycles. The SMILES string of the molecule is Cc1ccnc(Nc2cc(N3CCN(C(=O)Nc4ccc(F)c(F)c4)CC3)ncn2)c1. The summed E-state index contributed by atoms with van der Waals surface area (Å²) in [6, 6.07) is 8.58. The lowest BCUT2D eigenvalue weighted by Crippen LogP contribution is -2.50. The number of hydrogen-bond donors (Lipinski definition) is 2. The summed E-state index contributed by atoms with van der Waals surface area (Å²) >= 11 is 0. The number of hydrogen-bond acceptors (Lipinski definition) is 6. The summed E-state index contributed by atoms with van der Waals surface area (Å²) in [7, 11) is 0. The molecule has 0 radical (unpaired) electrons. The van der Waals surface area contributed by atoms with E-state index in [0.29, 0.717) is 37.8 Å². The fourth-order valence-corrected chi connectivity index (χ4v) is 3.24. The minimum Gasteiger partial charge on any atom is -0.353 e. The normalized spacial score (nSPS) is 13.8. The average molecular weight is 425 g/mol. The Morgan fingerprint density at radius 1 is 0.935 bits per heavy atom. The number of piperazine rings is 1. The van der Waals surface area contributed by atoms with Crippen molar-refractivity contribution in [3.63, 3.8) is 0 Å². The first-order valence-electron chi connectivity index (χ1n) is 9.75. The van der Waals surface area contributed by atoms with Crippen LogP contribution in [0.25, 0.3) is 0 Å². The van der Waals surface area contributed by atoms with E-state index in [1.165, 1.54) is 12.4 Å². The molecule has 2 N–H and O–H groups in total. The van der Waals surface area contributed by atoms with Crippen molar-refractivity contribution in [1.82, 2.24) is 19.9 Å². The lowest BCUT2D eigenvalue weighted by molar-refractivity contribution is 0.208. The zero-order chi connectivity index (χ0) is 21.8. The molecular weight excluding hydrogens is 404 g/mol. The van der Waals surface area contributed by atoms with Gasteiger partial charge in [0.05, 0.1) is 0 Å². The Morgan fingerprint density at radius 3 is 2.45 bits per heavy atom. The molecule has 0 spiro atoms. The highest BCUT2D eigenvalue weighted by atomic mass is 19.2. The molecule has 1 fully saturated rings. The van der Waals surface area contributed by atoms with E-state index in [-0.39, 0.29) is 11.7 Å².